The van der Waals surface area contributed by atoms with Crippen LogP contribution >= 0.6 is 11.8 Å². The van der Waals surface area contributed by atoms with Crippen LogP contribution in [0.15, 0.2) is 53.7 Å². The van der Waals surface area contributed by atoms with Crippen LogP contribution < -0.4 is 5.32 Å². The molecule has 25 heavy (non-hydrogen) atoms. The SMILES string of the molecule is Cn1c(SCC(=O)Nc2ccccc2O)nnc1-c1ccccc1F. The van der Waals surface area contributed by atoms with Crippen LogP contribution in [0.1, 0.15) is 0 Å². The minimum Gasteiger partial charge on any atom is -0.506 e. The molecule has 3 rings (SSSR count). The first kappa shape index (κ1) is 17.0. The third-order valence-electron chi connectivity index (χ3n) is 3.46. The van der Waals surface area contributed by atoms with E-state index >= 15 is 0 Å². The van der Waals surface area contributed by atoms with Gasteiger partial charge in [0.15, 0.2) is 11.0 Å². The lowest BCUT2D eigenvalue weighted by molar-refractivity contribution is -0.113. The lowest BCUT2D eigenvalue weighted by Gasteiger charge is -2.07. The van der Waals surface area contributed by atoms with Crippen molar-refractivity contribution in [2.24, 2.45) is 7.05 Å². The van der Waals surface area contributed by atoms with E-state index in [4.69, 9.17) is 0 Å². The summed E-state index contributed by atoms with van der Waals surface area (Å²) in [6.45, 7) is 0. The molecule has 0 aliphatic rings. The van der Waals surface area contributed by atoms with Crippen molar-refractivity contribution in [3.63, 3.8) is 0 Å². The molecule has 0 fully saturated rings. The summed E-state index contributed by atoms with van der Waals surface area (Å²) in [4.78, 5) is 12.0. The molecule has 2 N–H and O–H groups in total. The molecule has 0 aliphatic heterocycles. The van der Waals surface area contributed by atoms with E-state index in [1.54, 1.807) is 48.0 Å². The molecular formula is C17H15FN4O2S. The van der Waals surface area contributed by atoms with Gasteiger partial charge in [0.2, 0.25) is 5.91 Å². The minimum absolute atomic E-state index is 0.00125. The van der Waals surface area contributed by atoms with Crippen LogP contribution in [0.5, 0.6) is 5.75 Å². The molecule has 0 saturated heterocycles. The van der Waals surface area contributed by atoms with Gasteiger partial charge in [-0.2, -0.15) is 0 Å². The van der Waals surface area contributed by atoms with Crippen molar-refractivity contribution in [3.05, 3.63) is 54.3 Å². The van der Waals surface area contributed by atoms with E-state index in [9.17, 15) is 14.3 Å². The van der Waals surface area contributed by atoms with E-state index in [1.807, 2.05) is 0 Å². The number of carbonyl (C=O) groups excluding carboxylic acids is 1. The number of aromatic nitrogens is 3. The molecule has 0 unspecified atom stereocenters. The van der Waals surface area contributed by atoms with Crippen molar-refractivity contribution in [2.45, 2.75) is 5.16 Å². The number of hydrogen-bond acceptors (Lipinski definition) is 5. The van der Waals surface area contributed by atoms with Gasteiger partial charge in [-0.15, -0.1) is 10.2 Å². The second kappa shape index (κ2) is 7.35. The van der Waals surface area contributed by atoms with E-state index in [0.29, 0.717) is 22.2 Å². The fourth-order valence-corrected chi connectivity index (χ4v) is 2.92. The highest BCUT2D eigenvalue weighted by molar-refractivity contribution is 7.99. The maximum Gasteiger partial charge on any atom is 0.234 e. The second-order valence-corrected chi connectivity index (χ2v) is 6.14. The maximum atomic E-state index is 13.9. The Hall–Kier alpha value is -2.87. The van der Waals surface area contributed by atoms with Crippen LogP contribution in [0.4, 0.5) is 10.1 Å². The Balaban J connectivity index is 1.67. The number of aromatic hydroxyl groups is 1. The zero-order chi connectivity index (χ0) is 17.8. The van der Waals surface area contributed by atoms with Gasteiger partial charge < -0.3 is 15.0 Å². The summed E-state index contributed by atoms with van der Waals surface area (Å²) in [5.41, 5.74) is 0.695. The van der Waals surface area contributed by atoms with Gasteiger partial charge in [0.1, 0.15) is 11.6 Å². The largest absolute Gasteiger partial charge is 0.506 e. The molecule has 2 aromatic carbocycles. The van der Waals surface area contributed by atoms with Crippen LogP contribution in [0.2, 0.25) is 0 Å². The number of hydrogen-bond donors (Lipinski definition) is 2. The van der Waals surface area contributed by atoms with Crippen LogP contribution in [-0.4, -0.2) is 31.5 Å². The number of nitrogens with one attached hydrogen (secondary N) is 1. The molecule has 6 nitrogen and oxygen atoms in total. The zero-order valence-corrected chi connectivity index (χ0v) is 14.1. The number of phenolic OH excluding ortho intramolecular Hbond substituents is 1. The van der Waals surface area contributed by atoms with Gasteiger partial charge in [-0.3, -0.25) is 4.79 Å². The number of phenols is 1. The highest BCUT2D eigenvalue weighted by atomic mass is 32.2. The Morgan fingerprint density at radius 1 is 1.20 bits per heavy atom. The average Bonchev–Trinajstić information content (AvgIpc) is 2.96. The number of anilines is 1. The van der Waals surface area contributed by atoms with Gasteiger partial charge in [0.05, 0.1) is 17.0 Å². The topological polar surface area (TPSA) is 80.0 Å². The molecule has 0 aliphatic carbocycles. The highest BCUT2D eigenvalue weighted by Gasteiger charge is 2.15. The van der Waals surface area contributed by atoms with Crippen molar-refractivity contribution in [3.8, 4) is 17.1 Å². The lowest BCUT2D eigenvalue weighted by Crippen LogP contribution is -2.14. The van der Waals surface area contributed by atoms with Crippen LogP contribution in [0, 0.1) is 5.82 Å². The Kier molecular flexibility index (Phi) is 4.99. The standard InChI is InChI=1S/C17H15FN4O2S/c1-22-16(11-6-2-3-7-12(11)18)20-21-17(22)25-10-15(24)19-13-8-4-5-9-14(13)23/h2-9,23H,10H2,1H3,(H,19,24). The van der Waals surface area contributed by atoms with Crippen molar-refractivity contribution in [1.29, 1.82) is 0 Å². The monoisotopic (exact) mass is 358 g/mol. The summed E-state index contributed by atoms with van der Waals surface area (Å²) < 4.78 is 15.5. The molecule has 128 valence electrons. The first-order valence-corrected chi connectivity index (χ1v) is 8.40. The molecular weight excluding hydrogens is 343 g/mol. The number of thioether (sulfide) groups is 1. The van der Waals surface area contributed by atoms with Gasteiger partial charge in [-0.05, 0) is 24.3 Å². The number of carbonyl (C=O) groups is 1. The third kappa shape index (κ3) is 3.80. The van der Waals surface area contributed by atoms with Gasteiger partial charge in [-0.25, -0.2) is 4.39 Å². The zero-order valence-electron chi connectivity index (χ0n) is 13.3. The average molecular weight is 358 g/mol. The van der Waals surface area contributed by atoms with Gasteiger partial charge in [0, 0.05) is 7.05 Å². The molecule has 0 radical (unpaired) electrons. The quantitative estimate of drug-likeness (QED) is 0.541. The summed E-state index contributed by atoms with van der Waals surface area (Å²) >= 11 is 1.17. The van der Waals surface area contributed by atoms with Crippen molar-refractivity contribution in [2.75, 3.05) is 11.1 Å². The predicted octanol–water partition coefficient (Wildman–Crippen LogP) is 3.06. The summed E-state index contributed by atoms with van der Waals surface area (Å²) in [7, 11) is 1.71. The highest BCUT2D eigenvalue weighted by Crippen LogP contribution is 2.25. The third-order valence-corrected chi connectivity index (χ3v) is 4.48. The van der Waals surface area contributed by atoms with Crippen LogP contribution in [-0.2, 0) is 11.8 Å². The van der Waals surface area contributed by atoms with E-state index < -0.39 is 0 Å². The first-order chi connectivity index (χ1) is 12.1. The number of nitrogens with zero attached hydrogens (tertiary/aromatic N) is 3. The molecule has 0 bridgehead atoms. The van der Waals surface area contributed by atoms with Crippen molar-refractivity contribution < 1.29 is 14.3 Å². The summed E-state index contributed by atoms with van der Waals surface area (Å²) in [6.07, 6.45) is 0. The molecule has 0 spiro atoms. The van der Waals surface area contributed by atoms with E-state index in [2.05, 4.69) is 15.5 Å². The summed E-state index contributed by atoms with van der Waals surface area (Å²) in [5, 5.41) is 20.8. The Morgan fingerprint density at radius 2 is 1.92 bits per heavy atom. The number of amides is 1. The fourth-order valence-electron chi connectivity index (χ4n) is 2.21. The Labute approximate surface area is 147 Å². The Bertz CT molecular complexity index is 913. The number of halogens is 1. The fraction of sp³-hybridized carbons (Fsp3) is 0.118. The molecule has 0 atom stereocenters. The smallest absolute Gasteiger partial charge is 0.234 e. The summed E-state index contributed by atoms with van der Waals surface area (Å²) in [5.74, 6) is -0.200. The first-order valence-electron chi connectivity index (χ1n) is 7.41. The molecule has 1 aromatic heterocycles. The maximum absolute atomic E-state index is 13.9. The van der Waals surface area contributed by atoms with Gasteiger partial charge in [0.25, 0.3) is 0 Å². The van der Waals surface area contributed by atoms with Gasteiger partial charge in [-0.1, -0.05) is 36.0 Å². The Morgan fingerprint density at radius 3 is 2.68 bits per heavy atom. The number of benzene rings is 2. The number of para-hydroxylation sites is 2. The van der Waals surface area contributed by atoms with Crippen LogP contribution in [0.25, 0.3) is 11.4 Å². The van der Waals surface area contributed by atoms with E-state index in [-0.39, 0.29) is 23.2 Å². The number of rotatable bonds is 5. The van der Waals surface area contributed by atoms with Crippen molar-refractivity contribution in [1.82, 2.24) is 14.8 Å². The van der Waals surface area contributed by atoms with Crippen molar-refractivity contribution >= 4 is 23.4 Å². The predicted molar refractivity (Wildman–Crippen MR) is 93.9 cm³/mol. The lowest BCUT2D eigenvalue weighted by atomic mass is 10.2. The second-order valence-electron chi connectivity index (χ2n) is 5.20. The molecule has 1 amide bonds. The van der Waals surface area contributed by atoms with Gasteiger partial charge >= 0.3 is 0 Å². The normalized spacial score (nSPS) is 10.6. The van der Waals surface area contributed by atoms with Crippen LogP contribution in [0.3, 0.4) is 0 Å². The molecule has 0 saturated carbocycles. The molecule has 8 heteroatoms. The van der Waals surface area contributed by atoms with E-state index in [1.165, 1.54) is 23.9 Å². The van der Waals surface area contributed by atoms with E-state index in [0.717, 1.165) is 0 Å². The molecule has 3 aromatic rings. The summed E-state index contributed by atoms with van der Waals surface area (Å²) in [6, 6.07) is 12.8. The molecule has 1 heterocycles. The minimum atomic E-state index is -0.383.